The first kappa shape index (κ1) is 13.7. The van der Waals surface area contributed by atoms with E-state index in [1.165, 1.54) is 0 Å². The van der Waals surface area contributed by atoms with Gasteiger partial charge in [-0.2, -0.15) is 0 Å². The Hall–Kier alpha value is -1.30. The molecule has 2 saturated heterocycles. The van der Waals surface area contributed by atoms with Gasteiger partial charge in [0.2, 0.25) is 0 Å². The van der Waals surface area contributed by atoms with Crippen molar-refractivity contribution in [1.82, 2.24) is 0 Å². The first-order valence-corrected chi connectivity index (χ1v) is 8.22. The van der Waals surface area contributed by atoms with Gasteiger partial charge in [0.05, 0.1) is 10.5 Å². The van der Waals surface area contributed by atoms with Crippen LogP contribution in [0.2, 0.25) is 0 Å². The summed E-state index contributed by atoms with van der Waals surface area (Å²) in [5.41, 5.74) is -0.00815. The number of fused-ring (bicyclic) bond motifs is 2. The molecule has 0 aliphatic carbocycles. The summed E-state index contributed by atoms with van der Waals surface area (Å²) in [4.78, 5) is 12.3. The summed E-state index contributed by atoms with van der Waals surface area (Å²) in [6, 6.07) is 2.73. The Morgan fingerprint density at radius 3 is 2.00 bits per heavy atom. The minimum absolute atomic E-state index is 0.00815. The van der Waals surface area contributed by atoms with Gasteiger partial charge in [0.1, 0.15) is 11.6 Å². The van der Waals surface area contributed by atoms with Gasteiger partial charge in [0.25, 0.3) is 0 Å². The minimum atomic E-state index is -3.09. The van der Waals surface area contributed by atoms with Crippen LogP contribution in [-0.4, -0.2) is 24.7 Å². The number of benzene rings is 1. The molecule has 2 heterocycles. The molecule has 2 aliphatic heterocycles. The van der Waals surface area contributed by atoms with Crippen molar-refractivity contribution >= 4 is 15.6 Å². The van der Waals surface area contributed by atoms with Crippen molar-refractivity contribution in [2.24, 2.45) is 5.92 Å². The van der Waals surface area contributed by atoms with Gasteiger partial charge < -0.3 is 0 Å². The van der Waals surface area contributed by atoms with E-state index in [2.05, 4.69) is 0 Å². The zero-order valence-electron chi connectivity index (χ0n) is 10.7. The van der Waals surface area contributed by atoms with Gasteiger partial charge >= 0.3 is 0 Å². The molecule has 2 fully saturated rings. The SMILES string of the molecule is O=C(c1cc(F)cc(F)c1)C1CC2CCC(C1)S2(=O)=O. The molecule has 6 heteroatoms. The highest BCUT2D eigenvalue weighted by Gasteiger charge is 2.48. The molecule has 2 unspecified atom stereocenters. The third kappa shape index (κ3) is 2.16. The highest BCUT2D eigenvalue weighted by atomic mass is 32.2. The van der Waals surface area contributed by atoms with E-state index in [1.54, 1.807) is 0 Å². The molecule has 1 aromatic carbocycles. The standard InChI is InChI=1S/C14H14F2O3S/c15-10-3-8(4-11(16)7-10)14(17)9-5-12-1-2-13(6-9)20(12,18)19/h3-4,7,9,12-13H,1-2,5-6H2. The third-order valence-corrected chi connectivity index (χ3v) is 7.07. The van der Waals surface area contributed by atoms with E-state index in [4.69, 9.17) is 0 Å². The number of hydrogen-bond donors (Lipinski definition) is 0. The molecule has 3 rings (SSSR count). The molecule has 0 spiro atoms. The van der Waals surface area contributed by atoms with Crippen molar-refractivity contribution < 1.29 is 22.0 Å². The zero-order valence-corrected chi connectivity index (χ0v) is 11.5. The highest BCUT2D eigenvalue weighted by Crippen LogP contribution is 2.42. The molecule has 2 atom stereocenters. The van der Waals surface area contributed by atoms with Crippen LogP contribution in [0.3, 0.4) is 0 Å². The van der Waals surface area contributed by atoms with Crippen LogP contribution in [0.25, 0.3) is 0 Å². The molecule has 2 aliphatic rings. The Morgan fingerprint density at radius 1 is 1.00 bits per heavy atom. The third-order valence-electron chi connectivity index (χ3n) is 4.35. The molecule has 0 aromatic heterocycles. The summed E-state index contributed by atoms with van der Waals surface area (Å²) < 4.78 is 50.2. The van der Waals surface area contributed by atoms with Gasteiger partial charge in [-0.05, 0) is 37.8 Å². The van der Waals surface area contributed by atoms with Crippen LogP contribution >= 0.6 is 0 Å². The van der Waals surface area contributed by atoms with Crippen LogP contribution in [0.4, 0.5) is 8.78 Å². The molecule has 3 nitrogen and oxygen atoms in total. The average molecular weight is 300 g/mol. The van der Waals surface area contributed by atoms with Gasteiger partial charge in [-0.25, -0.2) is 17.2 Å². The summed E-state index contributed by atoms with van der Waals surface area (Å²) in [7, 11) is -3.09. The lowest BCUT2D eigenvalue weighted by Gasteiger charge is -2.26. The monoisotopic (exact) mass is 300 g/mol. The minimum Gasteiger partial charge on any atom is -0.294 e. The smallest absolute Gasteiger partial charge is 0.166 e. The number of sulfone groups is 1. The van der Waals surface area contributed by atoms with Crippen LogP contribution < -0.4 is 0 Å². The molecule has 1 aromatic rings. The maximum Gasteiger partial charge on any atom is 0.166 e. The Balaban J connectivity index is 1.86. The predicted molar refractivity (Wildman–Crippen MR) is 69.1 cm³/mol. The maximum absolute atomic E-state index is 13.2. The van der Waals surface area contributed by atoms with E-state index < -0.39 is 37.9 Å². The summed E-state index contributed by atoms with van der Waals surface area (Å²) in [6.07, 6.45) is 1.73. The fourth-order valence-electron chi connectivity index (χ4n) is 3.35. The Kier molecular flexibility index (Phi) is 3.16. The van der Waals surface area contributed by atoms with Crippen molar-refractivity contribution in [3.05, 3.63) is 35.4 Å². The molecular weight excluding hydrogens is 286 g/mol. The number of hydrogen-bond acceptors (Lipinski definition) is 3. The fraction of sp³-hybridized carbons (Fsp3) is 0.500. The van der Waals surface area contributed by atoms with E-state index in [0.717, 1.165) is 12.1 Å². The van der Waals surface area contributed by atoms with Crippen LogP contribution in [0.5, 0.6) is 0 Å². The van der Waals surface area contributed by atoms with Crippen molar-refractivity contribution in [2.45, 2.75) is 36.2 Å². The number of Topliss-reactive ketones (excluding diaryl/α,β-unsaturated/α-hetero) is 1. The quantitative estimate of drug-likeness (QED) is 0.789. The summed E-state index contributed by atoms with van der Waals surface area (Å²) in [5, 5.41) is -0.929. The molecule has 0 amide bonds. The molecule has 2 bridgehead atoms. The number of ketones is 1. The van der Waals surface area contributed by atoms with Crippen LogP contribution in [-0.2, 0) is 9.84 Å². The lowest BCUT2D eigenvalue weighted by molar-refractivity contribution is 0.0904. The van der Waals surface area contributed by atoms with E-state index in [-0.39, 0.29) is 24.2 Å². The van der Waals surface area contributed by atoms with Crippen LogP contribution in [0.15, 0.2) is 18.2 Å². The molecule has 0 saturated carbocycles. The van der Waals surface area contributed by atoms with Crippen LogP contribution in [0.1, 0.15) is 36.0 Å². The van der Waals surface area contributed by atoms with Gasteiger partial charge in [-0.1, -0.05) is 0 Å². The van der Waals surface area contributed by atoms with E-state index in [1.807, 2.05) is 0 Å². The molecular formula is C14H14F2O3S. The molecule has 108 valence electrons. The van der Waals surface area contributed by atoms with Crippen molar-refractivity contribution in [3.63, 3.8) is 0 Å². The lowest BCUT2D eigenvalue weighted by Crippen LogP contribution is -2.36. The Bertz CT molecular complexity index is 629. The molecule has 0 radical (unpaired) electrons. The number of carbonyl (C=O) groups is 1. The van der Waals surface area contributed by atoms with Crippen molar-refractivity contribution in [3.8, 4) is 0 Å². The number of rotatable bonds is 2. The van der Waals surface area contributed by atoms with Crippen molar-refractivity contribution in [2.75, 3.05) is 0 Å². The van der Waals surface area contributed by atoms with E-state index >= 15 is 0 Å². The first-order chi connectivity index (χ1) is 9.38. The number of carbonyl (C=O) groups excluding carboxylic acids is 1. The Morgan fingerprint density at radius 2 is 1.50 bits per heavy atom. The van der Waals surface area contributed by atoms with Crippen molar-refractivity contribution in [1.29, 1.82) is 0 Å². The molecule has 0 N–H and O–H groups in total. The second-order valence-corrected chi connectivity index (χ2v) is 8.11. The summed E-state index contributed by atoms with van der Waals surface area (Å²) in [6.45, 7) is 0. The van der Waals surface area contributed by atoms with Gasteiger partial charge in [0.15, 0.2) is 15.6 Å². The zero-order chi connectivity index (χ0) is 14.5. The number of halogens is 2. The Labute approximate surface area is 115 Å². The van der Waals surface area contributed by atoms with Gasteiger partial charge in [0, 0.05) is 17.5 Å². The lowest BCUT2D eigenvalue weighted by atomic mass is 9.90. The topological polar surface area (TPSA) is 51.2 Å². The maximum atomic E-state index is 13.2. The fourth-order valence-corrected chi connectivity index (χ4v) is 5.83. The van der Waals surface area contributed by atoms with Gasteiger partial charge in [-0.15, -0.1) is 0 Å². The second kappa shape index (κ2) is 4.62. The van der Waals surface area contributed by atoms with Crippen LogP contribution in [0, 0.1) is 17.6 Å². The summed E-state index contributed by atoms with van der Waals surface area (Å²) >= 11 is 0. The largest absolute Gasteiger partial charge is 0.294 e. The first-order valence-electron chi connectivity index (χ1n) is 6.61. The highest BCUT2D eigenvalue weighted by molar-refractivity contribution is 7.93. The summed E-state index contributed by atoms with van der Waals surface area (Å²) in [5.74, 6) is -2.38. The normalized spacial score (nSPS) is 31.2. The van der Waals surface area contributed by atoms with E-state index in [0.29, 0.717) is 18.9 Å². The second-order valence-electron chi connectivity index (χ2n) is 5.60. The predicted octanol–water partition coefficient (Wildman–Crippen LogP) is 2.50. The van der Waals surface area contributed by atoms with E-state index in [9.17, 15) is 22.0 Å². The molecule has 20 heavy (non-hydrogen) atoms. The average Bonchev–Trinajstić information content (AvgIpc) is 2.55. The van der Waals surface area contributed by atoms with Gasteiger partial charge in [-0.3, -0.25) is 4.79 Å².